The Morgan fingerprint density at radius 3 is 3.00 bits per heavy atom. The minimum atomic E-state index is 0.197. The highest BCUT2D eigenvalue weighted by atomic mass is 16.5. The van der Waals surface area contributed by atoms with Crippen molar-refractivity contribution in [3.8, 4) is 5.75 Å². The highest BCUT2D eigenvalue weighted by molar-refractivity contribution is 5.78. The van der Waals surface area contributed by atoms with Gasteiger partial charge in [-0.25, -0.2) is 0 Å². The Hall–Kier alpha value is -1.55. The molecular formula is C13H18N2O2. The van der Waals surface area contributed by atoms with Crippen LogP contribution < -0.4 is 10.5 Å². The number of rotatable bonds is 4. The summed E-state index contributed by atoms with van der Waals surface area (Å²) in [7, 11) is 1.64. The molecule has 17 heavy (non-hydrogen) atoms. The lowest BCUT2D eigenvalue weighted by molar-refractivity contribution is -0.128. The Kier molecular flexibility index (Phi) is 3.64. The number of nitrogens with zero attached hydrogens (tertiary/aromatic N) is 1. The van der Waals surface area contributed by atoms with Gasteiger partial charge in [0.15, 0.2) is 0 Å². The number of methoxy groups -OCH3 is 1. The molecule has 92 valence electrons. The van der Waals surface area contributed by atoms with Crippen LogP contribution in [0.2, 0.25) is 0 Å². The minimum absolute atomic E-state index is 0.197. The average molecular weight is 234 g/mol. The molecule has 1 fully saturated rings. The van der Waals surface area contributed by atoms with Crippen LogP contribution in [-0.4, -0.2) is 31.0 Å². The van der Waals surface area contributed by atoms with Gasteiger partial charge in [0.2, 0.25) is 5.91 Å². The Labute approximate surface area is 101 Å². The first-order chi connectivity index (χ1) is 8.22. The molecule has 1 heterocycles. The van der Waals surface area contributed by atoms with Gasteiger partial charge in [-0.05, 0) is 30.2 Å². The second-order valence-corrected chi connectivity index (χ2v) is 4.43. The van der Waals surface area contributed by atoms with E-state index in [0.717, 1.165) is 17.9 Å². The van der Waals surface area contributed by atoms with E-state index in [2.05, 4.69) is 0 Å². The number of hydrogen-bond acceptors (Lipinski definition) is 3. The minimum Gasteiger partial charge on any atom is -0.497 e. The monoisotopic (exact) mass is 234 g/mol. The number of carbonyl (C=O) groups is 1. The topological polar surface area (TPSA) is 55.6 Å². The van der Waals surface area contributed by atoms with Crippen LogP contribution in [0.3, 0.4) is 0 Å². The number of likely N-dealkylation sites (tertiary alicyclic amines) is 1. The summed E-state index contributed by atoms with van der Waals surface area (Å²) in [6, 6.07) is 7.81. The van der Waals surface area contributed by atoms with E-state index in [1.54, 1.807) is 7.11 Å². The molecule has 0 spiro atoms. The normalized spacial score (nSPS) is 19.8. The van der Waals surface area contributed by atoms with Crippen molar-refractivity contribution in [1.82, 2.24) is 4.90 Å². The fourth-order valence-corrected chi connectivity index (χ4v) is 2.16. The van der Waals surface area contributed by atoms with Crippen molar-refractivity contribution < 1.29 is 9.53 Å². The number of ether oxygens (including phenoxy) is 1. The van der Waals surface area contributed by atoms with Crippen LogP contribution in [0.25, 0.3) is 0 Å². The van der Waals surface area contributed by atoms with Crippen molar-refractivity contribution in [1.29, 1.82) is 0 Å². The molecule has 1 saturated heterocycles. The first kappa shape index (κ1) is 11.9. The quantitative estimate of drug-likeness (QED) is 0.845. The van der Waals surface area contributed by atoms with E-state index in [9.17, 15) is 4.79 Å². The fraction of sp³-hybridized carbons (Fsp3) is 0.462. The fourth-order valence-electron chi connectivity index (χ4n) is 2.16. The molecule has 4 heteroatoms. The molecule has 1 amide bonds. The standard InChI is InChI=1S/C13H18N2O2/c1-17-12-4-2-3-10(5-12)8-15-9-11(7-14)6-13(15)16/h2-5,11H,6-9,14H2,1H3. The van der Waals surface area contributed by atoms with E-state index in [-0.39, 0.29) is 5.91 Å². The van der Waals surface area contributed by atoms with Gasteiger partial charge in [0.1, 0.15) is 5.75 Å². The summed E-state index contributed by atoms with van der Waals surface area (Å²) in [5, 5.41) is 0. The molecule has 0 bridgehead atoms. The third kappa shape index (κ3) is 2.77. The second-order valence-electron chi connectivity index (χ2n) is 4.43. The smallest absolute Gasteiger partial charge is 0.223 e. The molecule has 0 aromatic heterocycles. The number of hydrogen-bond donors (Lipinski definition) is 1. The van der Waals surface area contributed by atoms with E-state index in [0.29, 0.717) is 25.4 Å². The Bertz CT molecular complexity index is 406. The maximum Gasteiger partial charge on any atom is 0.223 e. The molecule has 1 unspecified atom stereocenters. The maximum atomic E-state index is 11.7. The molecule has 0 radical (unpaired) electrons. The average Bonchev–Trinajstić information content (AvgIpc) is 2.70. The van der Waals surface area contributed by atoms with Crippen LogP contribution in [0.15, 0.2) is 24.3 Å². The van der Waals surface area contributed by atoms with E-state index < -0.39 is 0 Å². The van der Waals surface area contributed by atoms with Crippen LogP contribution in [0.1, 0.15) is 12.0 Å². The molecule has 1 atom stereocenters. The van der Waals surface area contributed by atoms with Crippen LogP contribution in [0, 0.1) is 5.92 Å². The predicted octanol–water partition coefficient (Wildman–Crippen LogP) is 1.00. The van der Waals surface area contributed by atoms with Crippen molar-refractivity contribution in [2.75, 3.05) is 20.2 Å². The summed E-state index contributed by atoms with van der Waals surface area (Å²) in [5.74, 6) is 1.33. The van der Waals surface area contributed by atoms with Gasteiger partial charge >= 0.3 is 0 Å². The van der Waals surface area contributed by atoms with Crippen molar-refractivity contribution >= 4 is 5.91 Å². The number of benzene rings is 1. The van der Waals surface area contributed by atoms with Gasteiger partial charge in [0.25, 0.3) is 0 Å². The summed E-state index contributed by atoms with van der Waals surface area (Å²) in [5.41, 5.74) is 6.69. The third-order valence-corrected chi connectivity index (χ3v) is 3.14. The van der Waals surface area contributed by atoms with Crippen LogP contribution >= 0.6 is 0 Å². The molecule has 1 aromatic rings. The Morgan fingerprint density at radius 1 is 1.53 bits per heavy atom. The molecule has 2 rings (SSSR count). The molecule has 0 saturated carbocycles. The molecule has 2 N–H and O–H groups in total. The molecule has 1 aliphatic heterocycles. The third-order valence-electron chi connectivity index (χ3n) is 3.14. The van der Waals surface area contributed by atoms with Crippen molar-refractivity contribution in [2.45, 2.75) is 13.0 Å². The van der Waals surface area contributed by atoms with Crippen LogP contribution in [0.4, 0.5) is 0 Å². The lowest BCUT2D eigenvalue weighted by Crippen LogP contribution is -2.25. The molecule has 1 aromatic carbocycles. The van der Waals surface area contributed by atoms with Gasteiger partial charge in [-0.3, -0.25) is 4.79 Å². The zero-order valence-corrected chi connectivity index (χ0v) is 10.1. The first-order valence-corrected chi connectivity index (χ1v) is 5.83. The number of amides is 1. The molecule has 1 aliphatic rings. The van der Waals surface area contributed by atoms with Crippen molar-refractivity contribution in [2.24, 2.45) is 11.7 Å². The Balaban J connectivity index is 2.03. The maximum absolute atomic E-state index is 11.7. The van der Waals surface area contributed by atoms with E-state index in [1.165, 1.54) is 0 Å². The summed E-state index contributed by atoms with van der Waals surface area (Å²) in [4.78, 5) is 13.6. The lowest BCUT2D eigenvalue weighted by Gasteiger charge is -2.16. The van der Waals surface area contributed by atoms with Gasteiger partial charge in [-0.1, -0.05) is 12.1 Å². The summed E-state index contributed by atoms with van der Waals surface area (Å²) in [6.45, 7) is 2.00. The second kappa shape index (κ2) is 5.19. The molecule has 4 nitrogen and oxygen atoms in total. The van der Waals surface area contributed by atoms with Crippen LogP contribution in [-0.2, 0) is 11.3 Å². The highest BCUT2D eigenvalue weighted by Gasteiger charge is 2.28. The van der Waals surface area contributed by atoms with Crippen molar-refractivity contribution in [3.63, 3.8) is 0 Å². The van der Waals surface area contributed by atoms with E-state index in [1.807, 2.05) is 29.2 Å². The number of nitrogens with two attached hydrogens (primary N) is 1. The van der Waals surface area contributed by atoms with Crippen molar-refractivity contribution in [3.05, 3.63) is 29.8 Å². The van der Waals surface area contributed by atoms with E-state index in [4.69, 9.17) is 10.5 Å². The highest BCUT2D eigenvalue weighted by Crippen LogP contribution is 2.20. The summed E-state index contributed by atoms with van der Waals surface area (Å²) >= 11 is 0. The van der Waals surface area contributed by atoms with Gasteiger partial charge in [-0.15, -0.1) is 0 Å². The molecule has 0 aliphatic carbocycles. The van der Waals surface area contributed by atoms with Gasteiger partial charge in [-0.2, -0.15) is 0 Å². The molecular weight excluding hydrogens is 216 g/mol. The lowest BCUT2D eigenvalue weighted by atomic mass is 10.1. The summed E-state index contributed by atoms with van der Waals surface area (Å²) < 4.78 is 5.17. The van der Waals surface area contributed by atoms with Gasteiger partial charge < -0.3 is 15.4 Å². The zero-order chi connectivity index (χ0) is 12.3. The van der Waals surface area contributed by atoms with Gasteiger partial charge in [0.05, 0.1) is 7.11 Å². The summed E-state index contributed by atoms with van der Waals surface area (Å²) in [6.07, 6.45) is 0.584. The van der Waals surface area contributed by atoms with Gasteiger partial charge in [0, 0.05) is 19.5 Å². The zero-order valence-electron chi connectivity index (χ0n) is 10.1. The number of carbonyl (C=O) groups excluding carboxylic acids is 1. The largest absolute Gasteiger partial charge is 0.497 e. The predicted molar refractivity (Wildman–Crippen MR) is 65.6 cm³/mol. The Morgan fingerprint density at radius 2 is 2.35 bits per heavy atom. The SMILES string of the molecule is COc1cccc(CN2CC(CN)CC2=O)c1. The van der Waals surface area contributed by atoms with E-state index >= 15 is 0 Å². The van der Waals surface area contributed by atoms with Crippen LogP contribution in [0.5, 0.6) is 5.75 Å². The first-order valence-electron chi connectivity index (χ1n) is 5.83.